The number of rotatable bonds is 5. The lowest BCUT2D eigenvalue weighted by atomic mass is 9.92. The van der Waals surface area contributed by atoms with Crippen molar-refractivity contribution in [2.45, 2.75) is 39.7 Å². The third-order valence-electron chi connectivity index (χ3n) is 3.59. The molecular formula is C14H26N2O4. The van der Waals surface area contributed by atoms with Gasteiger partial charge in [0.05, 0.1) is 19.1 Å². The summed E-state index contributed by atoms with van der Waals surface area (Å²) in [5, 5.41) is 3.39. The predicted molar refractivity (Wildman–Crippen MR) is 75.4 cm³/mol. The van der Waals surface area contributed by atoms with Crippen molar-refractivity contribution in [3.05, 3.63) is 0 Å². The van der Waals surface area contributed by atoms with Crippen molar-refractivity contribution in [2.24, 2.45) is 5.41 Å². The van der Waals surface area contributed by atoms with Gasteiger partial charge in [0.1, 0.15) is 0 Å². The molecule has 0 aliphatic carbocycles. The van der Waals surface area contributed by atoms with Crippen molar-refractivity contribution in [2.75, 3.05) is 33.4 Å². The Morgan fingerprint density at radius 3 is 2.40 bits per heavy atom. The molecule has 0 aromatic rings. The topological polar surface area (TPSA) is 67.9 Å². The third-order valence-corrected chi connectivity index (χ3v) is 3.59. The van der Waals surface area contributed by atoms with Crippen LogP contribution < -0.4 is 5.32 Å². The molecule has 0 unspecified atom stereocenters. The number of ether oxygens (including phenoxy) is 2. The zero-order chi connectivity index (χ0) is 15.2. The Hall–Kier alpha value is -1.30. The smallest absolute Gasteiger partial charge is 0.409 e. The van der Waals surface area contributed by atoms with E-state index < -0.39 is 5.41 Å². The van der Waals surface area contributed by atoms with Gasteiger partial charge in [0, 0.05) is 25.7 Å². The number of carbonyl (C=O) groups excluding carboxylic acids is 2. The van der Waals surface area contributed by atoms with E-state index in [1.165, 1.54) is 7.11 Å². The fourth-order valence-electron chi connectivity index (χ4n) is 2.23. The molecular weight excluding hydrogens is 260 g/mol. The average Bonchev–Trinajstić information content (AvgIpc) is 2.45. The number of nitrogens with zero attached hydrogens (tertiary/aromatic N) is 1. The van der Waals surface area contributed by atoms with Gasteiger partial charge in [-0.1, -0.05) is 0 Å². The first-order valence-corrected chi connectivity index (χ1v) is 7.14. The van der Waals surface area contributed by atoms with Crippen LogP contribution in [0.5, 0.6) is 0 Å². The van der Waals surface area contributed by atoms with E-state index in [0.717, 1.165) is 12.8 Å². The Balaban J connectivity index is 2.32. The van der Waals surface area contributed by atoms with Gasteiger partial charge in [-0.25, -0.2) is 4.79 Å². The Kier molecular flexibility index (Phi) is 6.26. The zero-order valence-electron chi connectivity index (χ0n) is 12.9. The van der Waals surface area contributed by atoms with Crippen LogP contribution in [0.2, 0.25) is 0 Å². The second kappa shape index (κ2) is 7.47. The molecule has 20 heavy (non-hydrogen) atoms. The summed E-state index contributed by atoms with van der Waals surface area (Å²) in [5.41, 5.74) is -0.535. The second-order valence-corrected chi connectivity index (χ2v) is 5.72. The number of hydrogen-bond acceptors (Lipinski definition) is 5. The SMILES string of the molecule is CCOC(=O)N1CCC(NCC(C)(C)C(=O)OC)CC1. The van der Waals surface area contributed by atoms with Gasteiger partial charge < -0.3 is 19.7 Å². The van der Waals surface area contributed by atoms with E-state index in [2.05, 4.69) is 5.32 Å². The molecule has 1 amide bonds. The van der Waals surface area contributed by atoms with Gasteiger partial charge >= 0.3 is 12.1 Å². The van der Waals surface area contributed by atoms with Crippen molar-refractivity contribution in [1.29, 1.82) is 0 Å². The Bertz CT molecular complexity index is 336. The van der Waals surface area contributed by atoms with E-state index in [1.807, 2.05) is 13.8 Å². The number of methoxy groups -OCH3 is 1. The van der Waals surface area contributed by atoms with Crippen LogP contribution in [0, 0.1) is 5.41 Å². The molecule has 1 N–H and O–H groups in total. The largest absolute Gasteiger partial charge is 0.469 e. The first kappa shape index (κ1) is 16.8. The highest BCUT2D eigenvalue weighted by molar-refractivity contribution is 5.76. The number of nitrogens with one attached hydrogen (secondary N) is 1. The fraction of sp³-hybridized carbons (Fsp3) is 0.857. The Morgan fingerprint density at radius 2 is 1.90 bits per heavy atom. The molecule has 1 rings (SSSR count). The molecule has 6 nitrogen and oxygen atoms in total. The first-order chi connectivity index (χ1) is 9.40. The van der Waals surface area contributed by atoms with Gasteiger partial charge in [-0.2, -0.15) is 0 Å². The van der Waals surface area contributed by atoms with Gasteiger partial charge in [-0.05, 0) is 33.6 Å². The normalized spacial score (nSPS) is 16.9. The van der Waals surface area contributed by atoms with Crippen molar-refractivity contribution >= 4 is 12.1 Å². The van der Waals surface area contributed by atoms with Crippen LogP contribution in [0.15, 0.2) is 0 Å². The third kappa shape index (κ3) is 4.67. The summed E-state index contributed by atoms with van der Waals surface area (Å²) in [6.45, 7) is 7.89. The van der Waals surface area contributed by atoms with Gasteiger partial charge in [-0.3, -0.25) is 4.79 Å². The van der Waals surface area contributed by atoms with Crippen LogP contribution in [-0.4, -0.2) is 56.4 Å². The number of hydrogen-bond donors (Lipinski definition) is 1. The van der Waals surface area contributed by atoms with E-state index in [-0.39, 0.29) is 12.1 Å². The molecule has 0 aromatic heterocycles. The van der Waals surface area contributed by atoms with Crippen LogP contribution in [0.25, 0.3) is 0 Å². The monoisotopic (exact) mass is 286 g/mol. The molecule has 0 bridgehead atoms. The maximum Gasteiger partial charge on any atom is 0.409 e. The molecule has 116 valence electrons. The van der Waals surface area contributed by atoms with Crippen LogP contribution in [-0.2, 0) is 14.3 Å². The molecule has 0 atom stereocenters. The van der Waals surface area contributed by atoms with E-state index in [1.54, 1.807) is 11.8 Å². The number of esters is 1. The quantitative estimate of drug-likeness (QED) is 0.774. The number of carbonyl (C=O) groups is 2. The van der Waals surface area contributed by atoms with Crippen molar-refractivity contribution in [3.63, 3.8) is 0 Å². The maximum absolute atomic E-state index is 11.6. The fourth-order valence-corrected chi connectivity index (χ4v) is 2.23. The summed E-state index contributed by atoms with van der Waals surface area (Å²) >= 11 is 0. The summed E-state index contributed by atoms with van der Waals surface area (Å²) < 4.78 is 9.76. The van der Waals surface area contributed by atoms with Gasteiger partial charge in [0.25, 0.3) is 0 Å². The van der Waals surface area contributed by atoms with Crippen LogP contribution in [0.1, 0.15) is 33.6 Å². The van der Waals surface area contributed by atoms with Crippen LogP contribution >= 0.6 is 0 Å². The molecule has 0 radical (unpaired) electrons. The molecule has 1 aliphatic heterocycles. The molecule has 1 aliphatic rings. The molecule has 1 saturated heterocycles. The molecule has 6 heteroatoms. The zero-order valence-corrected chi connectivity index (χ0v) is 12.9. The Labute approximate surface area is 120 Å². The second-order valence-electron chi connectivity index (χ2n) is 5.72. The van der Waals surface area contributed by atoms with Crippen LogP contribution in [0.4, 0.5) is 4.79 Å². The molecule has 1 fully saturated rings. The summed E-state index contributed by atoms with van der Waals surface area (Å²) in [7, 11) is 1.40. The summed E-state index contributed by atoms with van der Waals surface area (Å²) in [6.07, 6.45) is 1.51. The first-order valence-electron chi connectivity index (χ1n) is 7.14. The lowest BCUT2D eigenvalue weighted by Crippen LogP contribution is -2.48. The van der Waals surface area contributed by atoms with E-state index in [4.69, 9.17) is 9.47 Å². The van der Waals surface area contributed by atoms with E-state index in [0.29, 0.717) is 32.3 Å². The van der Waals surface area contributed by atoms with Gasteiger partial charge in [0.2, 0.25) is 0 Å². The number of piperidine rings is 1. The minimum Gasteiger partial charge on any atom is -0.469 e. The number of amides is 1. The summed E-state index contributed by atoms with van der Waals surface area (Å²) in [6, 6.07) is 0.324. The lowest BCUT2D eigenvalue weighted by Gasteiger charge is -2.33. The van der Waals surface area contributed by atoms with Crippen molar-refractivity contribution < 1.29 is 19.1 Å². The average molecular weight is 286 g/mol. The minimum atomic E-state index is -0.535. The standard InChI is InChI=1S/C14H26N2O4/c1-5-20-13(18)16-8-6-11(7-9-16)15-10-14(2,3)12(17)19-4/h11,15H,5-10H2,1-4H3. The van der Waals surface area contributed by atoms with Crippen molar-refractivity contribution in [1.82, 2.24) is 10.2 Å². The number of likely N-dealkylation sites (tertiary alicyclic amines) is 1. The van der Waals surface area contributed by atoms with Crippen molar-refractivity contribution in [3.8, 4) is 0 Å². The van der Waals surface area contributed by atoms with Gasteiger partial charge in [-0.15, -0.1) is 0 Å². The summed E-state index contributed by atoms with van der Waals surface area (Å²) in [5.74, 6) is -0.214. The minimum absolute atomic E-state index is 0.214. The molecule has 0 saturated carbocycles. The van der Waals surface area contributed by atoms with Crippen LogP contribution in [0.3, 0.4) is 0 Å². The Morgan fingerprint density at radius 1 is 1.30 bits per heavy atom. The molecule has 0 aromatic carbocycles. The predicted octanol–water partition coefficient (Wildman–Crippen LogP) is 1.40. The molecule has 1 heterocycles. The highest BCUT2D eigenvalue weighted by Crippen LogP contribution is 2.18. The van der Waals surface area contributed by atoms with E-state index in [9.17, 15) is 9.59 Å². The highest BCUT2D eigenvalue weighted by Gasteiger charge is 2.30. The maximum atomic E-state index is 11.6. The van der Waals surface area contributed by atoms with E-state index >= 15 is 0 Å². The highest BCUT2D eigenvalue weighted by atomic mass is 16.6. The summed E-state index contributed by atoms with van der Waals surface area (Å²) in [4.78, 5) is 24.9. The van der Waals surface area contributed by atoms with Gasteiger partial charge in [0.15, 0.2) is 0 Å². The molecule has 0 spiro atoms. The lowest BCUT2D eigenvalue weighted by molar-refractivity contribution is -0.150.